The van der Waals surface area contributed by atoms with Crippen molar-refractivity contribution in [2.45, 2.75) is 57.5 Å². The summed E-state index contributed by atoms with van der Waals surface area (Å²) in [6.45, 7) is 5.50. The number of carbonyl (C=O) groups is 2. The van der Waals surface area contributed by atoms with E-state index in [9.17, 15) is 9.59 Å². The molecule has 2 aromatic rings. The smallest absolute Gasteiger partial charge is 0.254 e. The summed E-state index contributed by atoms with van der Waals surface area (Å²) >= 11 is 0. The number of nitrogens with one attached hydrogen (secondary N) is 3. The summed E-state index contributed by atoms with van der Waals surface area (Å²) < 4.78 is 0. The van der Waals surface area contributed by atoms with Crippen LogP contribution in [0, 0.1) is 0 Å². The average Bonchev–Trinajstić information content (AvgIpc) is 3.30. The van der Waals surface area contributed by atoms with Crippen molar-refractivity contribution in [3.8, 4) is 0 Å². The molecule has 0 spiro atoms. The number of carbonyl (C=O) groups excluding carboxylic acids is 2. The first-order valence-electron chi connectivity index (χ1n) is 11.2. The highest BCUT2D eigenvalue weighted by Gasteiger charge is 2.29. The number of nitrogen functional groups attached to an aromatic ring is 1. The summed E-state index contributed by atoms with van der Waals surface area (Å²) in [7, 11) is 3.37. The van der Waals surface area contributed by atoms with Crippen LogP contribution in [-0.2, 0) is 4.79 Å². The van der Waals surface area contributed by atoms with E-state index in [1.54, 1.807) is 20.2 Å². The quantitative estimate of drug-likeness (QED) is 0.459. The summed E-state index contributed by atoms with van der Waals surface area (Å²) in [6, 6.07) is 1.54. The van der Waals surface area contributed by atoms with Crippen LogP contribution in [0.25, 0.3) is 11.0 Å². The number of pyridine rings is 1. The van der Waals surface area contributed by atoms with Gasteiger partial charge in [-0.2, -0.15) is 4.98 Å². The topological polar surface area (TPSA) is 138 Å². The first-order chi connectivity index (χ1) is 15.2. The van der Waals surface area contributed by atoms with Crippen molar-refractivity contribution >= 4 is 34.6 Å². The second-order valence-electron chi connectivity index (χ2n) is 8.88. The predicted molar refractivity (Wildman–Crippen MR) is 125 cm³/mol. The Labute approximate surface area is 188 Å². The van der Waals surface area contributed by atoms with Gasteiger partial charge in [0, 0.05) is 26.8 Å². The zero-order valence-electron chi connectivity index (χ0n) is 19.4. The fourth-order valence-corrected chi connectivity index (χ4v) is 3.86. The molecule has 174 valence electrons. The van der Waals surface area contributed by atoms with E-state index in [1.807, 2.05) is 0 Å². The van der Waals surface area contributed by atoms with Gasteiger partial charge in [-0.05, 0) is 38.8 Å². The van der Waals surface area contributed by atoms with Gasteiger partial charge in [-0.15, -0.1) is 0 Å². The molecular formula is C22H34N8O2. The average molecular weight is 443 g/mol. The van der Waals surface area contributed by atoms with E-state index in [-0.39, 0.29) is 23.8 Å². The van der Waals surface area contributed by atoms with Crippen LogP contribution in [0.1, 0.15) is 56.3 Å². The molecule has 0 radical (unpaired) electrons. The molecule has 5 N–H and O–H groups in total. The highest BCUT2D eigenvalue weighted by molar-refractivity contribution is 5.98. The fraction of sp³-hybridized carbons (Fsp3) is 0.591. The Morgan fingerprint density at radius 1 is 1.34 bits per heavy atom. The van der Waals surface area contributed by atoms with E-state index in [1.165, 1.54) is 11.1 Å². The molecule has 2 aromatic heterocycles. The maximum atomic E-state index is 12.5. The van der Waals surface area contributed by atoms with E-state index in [0.29, 0.717) is 29.0 Å². The van der Waals surface area contributed by atoms with Gasteiger partial charge < -0.3 is 26.6 Å². The van der Waals surface area contributed by atoms with Crippen LogP contribution < -0.4 is 21.7 Å². The largest absolute Gasteiger partial charge is 0.368 e. The van der Waals surface area contributed by atoms with Crippen molar-refractivity contribution in [3.05, 3.63) is 17.8 Å². The minimum Gasteiger partial charge on any atom is -0.368 e. The number of unbranched alkanes of at least 4 members (excludes halogenated alkanes) is 1. The van der Waals surface area contributed by atoms with Crippen LogP contribution in [0.5, 0.6) is 0 Å². The van der Waals surface area contributed by atoms with Gasteiger partial charge in [-0.3, -0.25) is 9.59 Å². The zero-order chi connectivity index (χ0) is 23.3. The molecule has 0 aromatic carbocycles. The van der Waals surface area contributed by atoms with Crippen LogP contribution in [-0.4, -0.2) is 70.4 Å². The van der Waals surface area contributed by atoms with Gasteiger partial charge in [0.15, 0.2) is 5.82 Å². The number of amides is 2. The van der Waals surface area contributed by atoms with Crippen molar-refractivity contribution in [2.24, 2.45) is 0 Å². The third-order valence-electron chi connectivity index (χ3n) is 5.74. The molecule has 3 rings (SSSR count). The molecule has 1 saturated heterocycles. The lowest BCUT2D eigenvalue weighted by Crippen LogP contribution is -2.50. The standard InChI is InChI=1S/C22H34N8O2/c1-5-6-9-22(2,13-26-19(31)15-8-7-10-24-15)29-18-17-16(27-21(23)28-18)11-14(12-25-17)20(32)30(3)4/h11-12,15,24H,5-10,13H2,1-4H3,(H,26,31)(H3,23,27,28,29)/t15-,22+/m0/s1. The number of anilines is 2. The molecule has 0 aliphatic carbocycles. The highest BCUT2D eigenvalue weighted by Crippen LogP contribution is 2.26. The number of nitrogens with zero attached hydrogens (tertiary/aromatic N) is 4. The van der Waals surface area contributed by atoms with Crippen LogP contribution in [0.3, 0.4) is 0 Å². The maximum Gasteiger partial charge on any atom is 0.254 e. The van der Waals surface area contributed by atoms with E-state index < -0.39 is 5.54 Å². The van der Waals surface area contributed by atoms with Gasteiger partial charge in [0.2, 0.25) is 11.9 Å². The van der Waals surface area contributed by atoms with Gasteiger partial charge >= 0.3 is 0 Å². The van der Waals surface area contributed by atoms with E-state index >= 15 is 0 Å². The van der Waals surface area contributed by atoms with Crippen molar-refractivity contribution < 1.29 is 9.59 Å². The van der Waals surface area contributed by atoms with Gasteiger partial charge in [0.1, 0.15) is 5.52 Å². The van der Waals surface area contributed by atoms with Gasteiger partial charge in [0.05, 0.1) is 22.7 Å². The Bertz CT molecular complexity index is 974. The summed E-state index contributed by atoms with van der Waals surface area (Å²) in [5.41, 5.74) is 6.96. The van der Waals surface area contributed by atoms with Gasteiger partial charge in [0.25, 0.3) is 5.91 Å². The Balaban J connectivity index is 1.86. The molecule has 0 unspecified atom stereocenters. The second kappa shape index (κ2) is 10.1. The monoisotopic (exact) mass is 442 g/mol. The minimum atomic E-state index is -0.461. The van der Waals surface area contributed by atoms with Crippen LogP contribution in [0.2, 0.25) is 0 Å². The van der Waals surface area contributed by atoms with Crippen LogP contribution >= 0.6 is 0 Å². The van der Waals surface area contributed by atoms with Crippen LogP contribution in [0.4, 0.5) is 11.8 Å². The summed E-state index contributed by atoms with van der Waals surface area (Å²) in [5, 5.41) is 9.78. The lowest BCUT2D eigenvalue weighted by atomic mass is 9.94. The summed E-state index contributed by atoms with van der Waals surface area (Å²) in [6.07, 6.45) is 6.22. The van der Waals surface area contributed by atoms with Crippen molar-refractivity contribution in [1.82, 2.24) is 30.5 Å². The molecule has 10 heteroatoms. The SMILES string of the molecule is CCCC[C@](C)(CNC(=O)[C@@H]1CCCN1)Nc1nc(N)nc2cc(C(=O)N(C)C)cnc12. The predicted octanol–water partition coefficient (Wildman–Crippen LogP) is 1.54. The summed E-state index contributed by atoms with van der Waals surface area (Å²) in [4.78, 5) is 39.5. The first-order valence-corrected chi connectivity index (χ1v) is 11.2. The molecule has 10 nitrogen and oxygen atoms in total. The molecule has 0 bridgehead atoms. The number of fused-ring (bicyclic) bond motifs is 1. The molecule has 1 aliphatic rings. The number of hydrogen-bond acceptors (Lipinski definition) is 8. The number of nitrogens with two attached hydrogens (primary N) is 1. The highest BCUT2D eigenvalue weighted by atomic mass is 16.2. The van der Waals surface area contributed by atoms with Crippen LogP contribution in [0.15, 0.2) is 12.3 Å². The molecule has 2 amide bonds. The fourth-order valence-electron chi connectivity index (χ4n) is 3.86. The maximum absolute atomic E-state index is 12.5. The Morgan fingerprint density at radius 3 is 2.78 bits per heavy atom. The van der Waals surface area contributed by atoms with E-state index in [0.717, 1.165) is 38.6 Å². The number of aromatic nitrogens is 3. The van der Waals surface area contributed by atoms with Gasteiger partial charge in [-0.25, -0.2) is 9.97 Å². The molecule has 3 heterocycles. The Morgan fingerprint density at radius 2 is 2.12 bits per heavy atom. The van der Waals surface area contributed by atoms with E-state index in [2.05, 4.69) is 44.7 Å². The Hall–Kier alpha value is -3.01. The minimum absolute atomic E-state index is 0.0176. The summed E-state index contributed by atoms with van der Waals surface area (Å²) in [5.74, 6) is 0.433. The molecule has 1 fully saturated rings. The zero-order valence-corrected chi connectivity index (χ0v) is 19.4. The second-order valence-corrected chi connectivity index (χ2v) is 8.88. The number of rotatable bonds is 9. The van der Waals surface area contributed by atoms with Crippen molar-refractivity contribution in [2.75, 3.05) is 38.2 Å². The Kier molecular flexibility index (Phi) is 7.44. The lowest BCUT2D eigenvalue weighted by Gasteiger charge is -2.32. The molecule has 0 saturated carbocycles. The molecule has 32 heavy (non-hydrogen) atoms. The molecule has 1 aliphatic heterocycles. The van der Waals surface area contributed by atoms with Crippen molar-refractivity contribution in [3.63, 3.8) is 0 Å². The normalized spacial score (nSPS) is 17.7. The lowest BCUT2D eigenvalue weighted by molar-refractivity contribution is -0.123. The first kappa shape index (κ1) is 23.6. The third-order valence-corrected chi connectivity index (χ3v) is 5.74. The van der Waals surface area contributed by atoms with Gasteiger partial charge in [-0.1, -0.05) is 19.8 Å². The van der Waals surface area contributed by atoms with Crippen molar-refractivity contribution in [1.29, 1.82) is 0 Å². The number of hydrogen-bond donors (Lipinski definition) is 4. The van der Waals surface area contributed by atoms with E-state index in [4.69, 9.17) is 5.73 Å². The molecular weight excluding hydrogens is 408 g/mol. The molecule has 2 atom stereocenters. The third kappa shape index (κ3) is 5.61.